The molecule has 4 nitrogen and oxygen atoms in total. The Bertz CT molecular complexity index is 3980. The molecule has 0 spiro atoms. The Morgan fingerprint density at radius 1 is 0.306 bits per heavy atom. The van der Waals surface area contributed by atoms with Gasteiger partial charge in [0.15, 0.2) is 11.2 Å². The van der Waals surface area contributed by atoms with Crippen molar-refractivity contribution in [2.24, 2.45) is 0 Å². The van der Waals surface area contributed by atoms with Crippen molar-refractivity contribution in [1.29, 1.82) is 0 Å². The normalized spacial score (nSPS) is 11.8. The van der Waals surface area contributed by atoms with Gasteiger partial charge < -0.3 is 18.6 Å². The van der Waals surface area contributed by atoms with Crippen LogP contribution in [0.1, 0.15) is 33.4 Å². The van der Waals surface area contributed by atoms with Crippen molar-refractivity contribution in [2.75, 3.05) is 9.80 Å². The second-order valence-electron chi connectivity index (χ2n) is 19.6. The largest absolute Gasteiger partial charge is 0.452 e. The molecule has 13 rings (SSSR count). The summed E-state index contributed by atoms with van der Waals surface area (Å²) >= 11 is 0. The Morgan fingerprint density at radius 3 is 1.06 bits per heavy atom. The van der Waals surface area contributed by atoms with Gasteiger partial charge >= 0.3 is 0 Å². The predicted molar refractivity (Wildman–Crippen MR) is 305 cm³/mol. The zero-order valence-corrected chi connectivity index (χ0v) is 41.3. The van der Waals surface area contributed by atoms with E-state index in [2.05, 4.69) is 258 Å². The third kappa shape index (κ3) is 6.89. The van der Waals surface area contributed by atoms with Gasteiger partial charge in [-0.05, 0) is 168 Å². The predicted octanol–water partition coefficient (Wildman–Crippen LogP) is 19.9. The van der Waals surface area contributed by atoms with E-state index in [0.717, 1.165) is 110 Å². The van der Waals surface area contributed by atoms with E-state index < -0.39 is 0 Å². The fraction of sp³-hybridized carbons (Fsp3) is 0.0882. The minimum Gasteiger partial charge on any atom is -0.452 e. The summed E-state index contributed by atoms with van der Waals surface area (Å²) in [6.07, 6.45) is 0. The van der Waals surface area contributed by atoms with Crippen molar-refractivity contribution in [3.05, 3.63) is 240 Å². The molecule has 0 aliphatic rings. The van der Waals surface area contributed by atoms with Gasteiger partial charge in [0.05, 0.1) is 11.4 Å². The number of benzene rings is 11. The van der Waals surface area contributed by atoms with E-state index >= 15 is 0 Å². The summed E-state index contributed by atoms with van der Waals surface area (Å²) in [4.78, 5) is 4.83. The van der Waals surface area contributed by atoms with Crippen LogP contribution in [0.5, 0.6) is 0 Å². The monoisotopic (exact) mass is 928 g/mol. The Morgan fingerprint density at radius 2 is 0.667 bits per heavy atom. The molecule has 11 aromatic carbocycles. The molecule has 2 aromatic heterocycles. The van der Waals surface area contributed by atoms with Crippen LogP contribution in [-0.2, 0) is 0 Å². The number of aryl methyl sites for hydroxylation is 6. The molecule has 4 heteroatoms. The molecule has 0 N–H and O–H groups in total. The van der Waals surface area contributed by atoms with E-state index in [-0.39, 0.29) is 0 Å². The summed E-state index contributed by atoms with van der Waals surface area (Å²) in [6.45, 7) is 13.2. The molecule has 0 atom stereocenters. The molecular formula is C68H52N2O2. The highest BCUT2D eigenvalue weighted by Crippen LogP contribution is 2.52. The first-order valence-corrected chi connectivity index (χ1v) is 24.9. The van der Waals surface area contributed by atoms with Crippen molar-refractivity contribution in [2.45, 2.75) is 41.5 Å². The van der Waals surface area contributed by atoms with Crippen LogP contribution in [0.25, 0.3) is 87.7 Å². The minimum atomic E-state index is 0.743. The van der Waals surface area contributed by atoms with Crippen molar-refractivity contribution < 1.29 is 8.83 Å². The van der Waals surface area contributed by atoms with Gasteiger partial charge in [-0.15, -0.1) is 0 Å². The maximum atomic E-state index is 7.25. The molecule has 0 unspecified atom stereocenters. The topological polar surface area (TPSA) is 32.8 Å². The second-order valence-corrected chi connectivity index (χ2v) is 19.6. The number of fused-ring (bicyclic) bond motifs is 9. The number of furan rings is 2. The number of anilines is 6. The highest BCUT2D eigenvalue weighted by molar-refractivity contribution is 6.31. The van der Waals surface area contributed by atoms with Gasteiger partial charge in [-0.25, -0.2) is 0 Å². The number of para-hydroxylation sites is 4. The molecule has 2 heterocycles. The maximum absolute atomic E-state index is 7.25. The Balaban J connectivity index is 1.08. The van der Waals surface area contributed by atoms with Crippen molar-refractivity contribution in [3.63, 3.8) is 0 Å². The summed E-state index contributed by atoms with van der Waals surface area (Å²) in [5.74, 6) is 0. The van der Waals surface area contributed by atoms with Crippen LogP contribution in [0.3, 0.4) is 0 Å². The summed E-state index contributed by atoms with van der Waals surface area (Å²) < 4.78 is 14.5. The zero-order valence-electron chi connectivity index (χ0n) is 41.3. The standard InChI is InChI=1S/C68H52N2O2/c1-41-19-13-15-29-57(41)69(65-43(3)21-17-22-44(65)4)53-33-31-49-37-55-59(39-51(49)35-53)71-67-63(55)61(47-25-9-7-10-26-47)62(48-27-11-8-12-28-48)64-56-38-50-32-34-54(36-52(50)40-60(56)72-68(64)67)70(58-30-16-14-20-42(58)2)66-45(5)23-18-24-46(66)6/h7-40H,1-6H3. The van der Waals surface area contributed by atoms with Gasteiger partial charge in [-0.1, -0.05) is 146 Å². The maximum Gasteiger partial charge on any atom is 0.179 e. The average molecular weight is 929 g/mol. The van der Waals surface area contributed by atoms with Crippen LogP contribution in [0.2, 0.25) is 0 Å². The third-order valence-electron chi connectivity index (χ3n) is 14.9. The first-order chi connectivity index (χ1) is 35.2. The molecule has 346 valence electrons. The van der Waals surface area contributed by atoms with Gasteiger partial charge in [-0.2, -0.15) is 0 Å². The van der Waals surface area contributed by atoms with E-state index in [0.29, 0.717) is 0 Å². The molecule has 72 heavy (non-hydrogen) atoms. The minimum absolute atomic E-state index is 0.743. The van der Waals surface area contributed by atoms with Gasteiger partial charge in [0.2, 0.25) is 0 Å². The van der Waals surface area contributed by atoms with Crippen LogP contribution in [0.15, 0.2) is 215 Å². The van der Waals surface area contributed by atoms with Crippen LogP contribution in [0.4, 0.5) is 34.1 Å². The molecule has 0 aliphatic carbocycles. The van der Waals surface area contributed by atoms with Crippen LogP contribution >= 0.6 is 0 Å². The lowest BCUT2D eigenvalue weighted by atomic mass is 9.87. The van der Waals surface area contributed by atoms with Gasteiger partial charge in [-0.3, -0.25) is 0 Å². The van der Waals surface area contributed by atoms with Gasteiger partial charge in [0.1, 0.15) is 11.2 Å². The van der Waals surface area contributed by atoms with Crippen molar-refractivity contribution >= 4 is 99.5 Å². The first-order valence-electron chi connectivity index (χ1n) is 24.9. The summed E-state index contributed by atoms with van der Waals surface area (Å²) in [5.41, 5.74) is 21.8. The van der Waals surface area contributed by atoms with E-state index in [4.69, 9.17) is 8.83 Å². The molecule has 13 aromatic rings. The van der Waals surface area contributed by atoms with Crippen molar-refractivity contribution in [1.82, 2.24) is 0 Å². The van der Waals surface area contributed by atoms with Crippen molar-refractivity contribution in [3.8, 4) is 22.3 Å². The highest BCUT2D eigenvalue weighted by atomic mass is 16.4. The molecule has 0 amide bonds. The number of hydrogen-bond acceptors (Lipinski definition) is 4. The SMILES string of the molecule is Cc1ccccc1N(c1ccc2cc3c(cc2c1)oc1c2oc4cc5cc(N(c6ccccc6C)c6c(C)cccc6C)ccc5cc4c2c(-c2ccccc2)c(-c2ccccc2)c31)c1c(C)cccc1C. The van der Waals surface area contributed by atoms with Gasteiger partial charge in [0, 0.05) is 55.4 Å². The Hall–Kier alpha value is -8.86. The van der Waals surface area contributed by atoms with Crippen LogP contribution < -0.4 is 9.80 Å². The molecule has 0 bridgehead atoms. The quantitative estimate of drug-likeness (QED) is 0.152. The lowest BCUT2D eigenvalue weighted by Crippen LogP contribution is -2.14. The molecule has 0 saturated carbocycles. The molecule has 0 fully saturated rings. The Kier molecular flexibility index (Phi) is 10.2. The number of nitrogens with zero attached hydrogens (tertiary/aromatic N) is 2. The molecular weight excluding hydrogens is 877 g/mol. The van der Waals surface area contributed by atoms with E-state index in [1.165, 1.54) is 44.8 Å². The van der Waals surface area contributed by atoms with E-state index in [1.54, 1.807) is 0 Å². The molecule has 0 aliphatic heterocycles. The average Bonchev–Trinajstić information content (AvgIpc) is 3.96. The van der Waals surface area contributed by atoms with Crippen LogP contribution in [-0.4, -0.2) is 0 Å². The molecule has 0 saturated heterocycles. The highest BCUT2D eigenvalue weighted by Gasteiger charge is 2.28. The summed E-state index contributed by atoms with van der Waals surface area (Å²) in [5, 5.41) is 8.63. The second kappa shape index (κ2) is 16.9. The van der Waals surface area contributed by atoms with Gasteiger partial charge in [0.25, 0.3) is 0 Å². The lowest BCUT2D eigenvalue weighted by Gasteiger charge is -2.30. The third-order valence-corrected chi connectivity index (χ3v) is 14.9. The van der Waals surface area contributed by atoms with Crippen LogP contribution in [0, 0.1) is 41.5 Å². The van der Waals surface area contributed by atoms with E-state index in [9.17, 15) is 0 Å². The Labute approximate surface area is 419 Å². The fourth-order valence-corrected chi connectivity index (χ4v) is 11.5. The molecule has 0 radical (unpaired) electrons. The lowest BCUT2D eigenvalue weighted by molar-refractivity contribution is 0.634. The smallest absolute Gasteiger partial charge is 0.179 e. The first kappa shape index (κ1) is 43.2. The fourth-order valence-electron chi connectivity index (χ4n) is 11.5. The number of rotatable bonds is 8. The summed E-state index contributed by atoms with van der Waals surface area (Å²) in [6, 6.07) is 74.8. The summed E-state index contributed by atoms with van der Waals surface area (Å²) in [7, 11) is 0. The zero-order chi connectivity index (χ0) is 48.8. The van der Waals surface area contributed by atoms with E-state index in [1.807, 2.05) is 0 Å². The number of hydrogen-bond donors (Lipinski definition) is 0.